The molecule has 0 fully saturated rings. The Morgan fingerprint density at radius 1 is 1.12 bits per heavy atom. The number of carbonyl (C=O) groups is 2. The number of aromatic carboxylic acids is 1. The molecule has 1 aromatic heterocycles. The van der Waals surface area contributed by atoms with Crippen LogP contribution in [-0.2, 0) is 12.7 Å². The summed E-state index contributed by atoms with van der Waals surface area (Å²) in [4.78, 5) is 24.1. The van der Waals surface area contributed by atoms with E-state index in [4.69, 9.17) is 5.11 Å². The van der Waals surface area contributed by atoms with Crippen molar-refractivity contribution < 1.29 is 27.9 Å². The first kappa shape index (κ1) is 23.7. The highest BCUT2D eigenvalue weighted by molar-refractivity contribution is 5.95. The third-order valence-electron chi connectivity index (χ3n) is 4.92. The maximum atomic E-state index is 13.1. The molecule has 10 heteroatoms. The van der Waals surface area contributed by atoms with E-state index < -0.39 is 29.7 Å². The second kappa shape index (κ2) is 9.68. The smallest absolute Gasteiger partial charge is 0.416 e. The normalized spacial score (nSPS) is 12.6. The number of benzene rings is 2. The maximum Gasteiger partial charge on any atom is 0.416 e. The van der Waals surface area contributed by atoms with Gasteiger partial charge in [-0.05, 0) is 55.3 Å². The van der Waals surface area contributed by atoms with Crippen LogP contribution in [0.4, 0.5) is 13.2 Å². The monoisotopic (exact) mass is 458 g/mol. The van der Waals surface area contributed by atoms with E-state index in [2.05, 4.69) is 15.6 Å². The molecule has 0 aliphatic heterocycles. The van der Waals surface area contributed by atoms with Crippen LogP contribution < -0.4 is 5.32 Å². The Balaban J connectivity index is 1.83. The third kappa shape index (κ3) is 5.65. The number of carbonyl (C=O) groups excluding carboxylic acids is 1. The SMILES string of the molecule is CC=Cc1nnn(Cc2ccc(C(F)(F)F)cc2)c1C(=O)N[C@@H](C)c1ccc(C(=O)O)cc1. The van der Waals surface area contributed by atoms with E-state index in [0.717, 1.165) is 12.1 Å². The van der Waals surface area contributed by atoms with Gasteiger partial charge in [-0.2, -0.15) is 13.2 Å². The Labute approximate surface area is 187 Å². The highest BCUT2D eigenvalue weighted by Crippen LogP contribution is 2.29. The molecule has 3 aromatic rings. The van der Waals surface area contributed by atoms with Crippen molar-refractivity contribution in [3.05, 3.63) is 88.2 Å². The van der Waals surface area contributed by atoms with Gasteiger partial charge in [0, 0.05) is 0 Å². The molecule has 0 saturated carbocycles. The summed E-state index contributed by atoms with van der Waals surface area (Å²) in [5.74, 6) is -1.53. The molecule has 1 atom stereocenters. The molecule has 0 spiro atoms. The van der Waals surface area contributed by atoms with Gasteiger partial charge in [0.15, 0.2) is 5.69 Å². The van der Waals surface area contributed by atoms with Gasteiger partial charge < -0.3 is 10.4 Å². The van der Waals surface area contributed by atoms with E-state index in [1.54, 1.807) is 38.1 Å². The predicted molar refractivity (Wildman–Crippen MR) is 115 cm³/mol. The fourth-order valence-corrected chi connectivity index (χ4v) is 3.18. The molecular formula is C23H21F3N4O3. The van der Waals surface area contributed by atoms with Crippen LogP contribution in [0.25, 0.3) is 6.08 Å². The number of rotatable bonds is 7. The summed E-state index contributed by atoms with van der Waals surface area (Å²) in [6, 6.07) is 10.3. The number of hydrogen-bond donors (Lipinski definition) is 2. The van der Waals surface area contributed by atoms with Crippen LogP contribution in [0, 0.1) is 0 Å². The molecular weight excluding hydrogens is 437 g/mol. The third-order valence-corrected chi connectivity index (χ3v) is 4.92. The molecule has 7 nitrogen and oxygen atoms in total. The number of nitrogens with zero attached hydrogens (tertiary/aromatic N) is 3. The Hall–Kier alpha value is -3.95. The topological polar surface area (TPSA) is 97.1 Å². The Morgan fingerprint density at radius 3 is 2.30 bits per heavy atom. The average Bonchev–Trinajstić information content (AvgIpc) is 3.16. The second-order valence-electron chi connectivity index (χ2n) is 7.30. The van der Waals surface area contributed by atoms with E-state index in [1.807, 2.05) is 0 Å². The van der Waals surface area contributed by atoms with Gasteiger partial charge in [0.05, 0.1) is 23.7 Å². The Bertz CT molecular complexity index is 1170. The minimum absolute atomic E-state index is 0.0487. The molecule has 0 unspecified atom stereocenters. The molecule has 1 amide bonds. The van der Waals surface area contributed by atoms with Crippen molar-refractivity contribution in [3.8, 4) is 0 Å². The first-order valence-electron chi connectivity index (χ1n) is 9.96. The van der Waals surface area contributed by atoms with Gasteiger partial charge in [0.25, 0.3) is 5.91 Å². The van der Waals surface area contributed by atoms with Crippen molar-refractivity contribution in [2.45, 2.75) is 32.6 Å². The number of carboxylic acid groups (broad SMARTS) is 1. The number of aromatic nitrogens is 3. The van der Waals surface area contributed by atoms with Crippen molar-refractivity contribution >= 4 is 18.0 Å². The number of halogens is 3. The zero-order chi connectivity index (χ0) is 24.2. The van der Waals surface area contributed by atoms with Gasteiger partial charge in [0.2, 0.25) is 0 Å². The zero-order valence-corrected chi connectivity index (χ0v) is 17.8. The van der Waals surface area contributed by atoms with Gasteiger partial charge in [-0.3, -0.25) is 4.79 Å². The first-order valence-corrected chi connectivity index (χ1v) is 9.96. The van der Waals surface area contributed by atoms with Crippen LogP contribution in [0.3, 0.4) is 0 Å². The minimum Gasteiger partial charge on any atom is -0.478 e. The van der Waals surface area contributed by atoms with Crippen LogP contribution >= 0.6 is 0 Å². The summed E-state index contributed by atoms with van der Waals surface area (Å²) < 4.78 is 39.8. The minimum atomic E-state index is -4.44. The zero-order valence-electron chi connectivity index (χ0n) is 17.8. The molecule has 1 heterocycles. The fourth-order valence-electron chi connectivity index (χ4n) is 3.18. The number of nitrogens with one attached hydrogen (secondary N) is 1. The number of amides is 1. The van der Waals surface area contributed by atoms with Crippen LogP contribution in [-0.4, -0.2) is 32.0 Å². The number of carboxylic acids is 1. The lowest BCUT2D eigenvalue weighted by molar-refractivity contribution is -0.137. The van der Waals surface area contributed by atoms with Gasteiger partial charge in [-0.1, -0.05) is 35.6 Å². The van der Waals surface area contributed by atoms with E-state index in [1.165, 1.54) is 28.9 Å². The highest BCUT2D eigenvalue weighted by atomic mass is 19.4. The fraction of sp³-hybridized carbons (Fsp3) is 0.217. The van der Waals surface area contributed by atoms with Crippen LogP contribution in [0.5, 0.6) is 0 Å². The van der Waals surface area contributed by atoms with Gasteiger partial charge in [-0.15, -0.1) is 5.10 Å². The predicted octanol–water partition coefficient (Wildman–Crippen LogP) is 4.57. The molecule has 0 saturated heterocycles. The molecule has 3 rings (SSSR count). The summed E-state index contributed by atoms with van der Waals surface area (Å²) in [7, 11) is 0. The lowest BCUT2D eigenvalue weighted by Crippen LogP contribution is -2.29. The summed E-state index contributed by atoms with van der Waals surface area (Å²) in [6.07, 6.45) is -1.14. The molecule has 2 aromatic carbocycles. The number of alkyl halides is 3. The summed E-state index contributed by atoms with van der Waals surface area (Å²) in [5, 5.41) is 19.9. The van der Waals surface area contributed by atoms with Crippen LogP contribution in [0.2, 0.25) is 0 Å². The Morgan fingerprint density at radius 2 is 1.76 bits per heavy atom. The standard InChI is InChI=1S/C23H21F3N4O3/c1-3-4-19-20(21(31)27-14(2)16-7-9-17(10-8-16)22(32)33)30(29-28-19)13-15-5-11-18(12-6-15)23(24,25)26/h3-12,14H,13H2,1-2H3,(H,27,31)(H,32,33)/t14-/m0/s1. The lowest BCUT2D eigenvalue weighted by atomic mass is 10.1. The molecule has 0 radical (unpaired) electrons. The van der Waals surface area contributed by atoms with Crippen LogP contribution in [0.1, 0.15) is 63.1 Å². The molecule has 0 bridgehead atoms. The van der Waals surface area contributed by atoms with Crippen molar-refractivity contribution in [1.29, 1.82) is 0 Å². The molecule has 0 aliphatic carbocycles. The van der Waals surface area contributed by atoms with E-state index >= 15 is 0 Å². The molecule has 172 valence electrons. The lowest BCUT2D eigenvalue weighted by Gasteiger charge is -2.15. The summed E-state index contributed by atoms with van der Waals surface area (Å²) in [6.45, 7) is 3.54. The van der Waals surface area contributed by atoms with Crippen molar-refractivity contribution in [2.24, 2.45) is 0 Å². The van der Waals surface area contributed by atoms with E-state index in [9.17, 15) is 22.8 Å². The van der Waals surface area contributed by atoms with Gasteiger partial charge in [0.1, 0.15) is 5.69 Å². The van der Waals surface area contributed by atoms with Gasteiger partial charge >= 0.3 is 12.1 Å². The molecule has 0 aliphatic rings. The van der Waals surface area contributed by atoms with E-state index in [-0.39, 0.29) is 17.8 Å². The molecule has 2 N–H and O–H groups in total. The second-order valence-corrected chi connectivity index (χ2v) is 7.30. The van der Waals surface area contributed by atoms with E-state index in [0.29, 0.717) is 16.8 Å². The van der Waals surface area contributed by atoms with Gasteiger partial charge in [-0.25, -0.2) is 9.48 Å². The first-order chi connectivity index (χ1) is 15.6. The van der Waals surface area contributed by atoms with Crippen LogP contribution in [0.15, 0.2) is 54.6 Å². The number of allylic oxidation sites excluding steroid dienone is 1. The summed E-state index contributed by atoms with van der Waals surface area (Å²) >= 11 is 0. The van der Waals surface area contributed by atoms with Crippen molar-refractivity contribution in [2.75, 3.05) is 0 Å². The van der Waals surface area contributed by atoms with Crippen molar-refractivity contribution in [3.63, 3.8) is 0 Å². The Kier molecular flexibility index (Phi) is 6.95. The number of hydrogen-bond acceptors (Lipinski definition) is 4. The largest absolute Gasteiger partial charge is 0.478 e. The quantitative estimate of drug-likeness (QED) is 0.541. The highest BCUT2D eigenvalue weighted by Gasteiger charge is 2.30. The maximum absolute atomic E-state index is 13.1. The average molecular weight is 458 g/mol. The van der Waals surface area contributed by atoms with Crippen molar-refractivity contribution in [1.82, 2.24) is 20.3 Å². The summed E-state index contributed by atoms with van der Waals surface area (Å²) in [5.41, 5.74) is 1.05. The molecule has 33 heavy (non-hydrogen) atoms.